The third-order valence-electron chi connectivity index (χ3n) is 3.73. The number of carbonyl (C=O) groups excluding carboxylic acids is 1. The molecule has 0 heterocycles. The van der Waals surface area contributed by atoms with Gasteiger partial charge in [-0.15, -0.1) is 0 Å². The molecule has 0 saturated heterocycles. The molecule has 0 spiro atoms. The summed E-state index contributed by atoms with van der Waals surface area (Å²) in [6.45, 7) is 2.33. The van der Waals surface area contributed by atoms with Crippen LogP contribution < -0.4 is 15.4 Å². The maximum absolute atomic E-state index is 12.1. The molecule has 0 aliphatic carbocycles. The van der Waals surface area contributed by atoms with Crippen LogP contribution in [0.3, 0.4) is 0 Å². The van der Waals surface area contributed by atoms with Crippen LogP contribution in [0.2, 0.25) is 0 Å². The number of nitriles is 1. The lowest BCUT2D eigenvalue weighted by atomic mass is 10.1. The minimum absolute atomic E-state index is 0.0285. The summed E-state index contributed by atoms with van der Waals surface area (Å²) >= 11 is 0. The van der Waals surface area contributed by atoms with Crippen molar-refractivity contribution in [2.24, 2.45) is 0 Å². The third-order valence-corrected chi connectivity index (χ3v) is 3.73. The molecule has 2 aromatic carbocycles. The first-order valence-electron chi connectivity index (χ1n) is 8.11. The van der Waals surface area contributed by atoms with Crippen molar-refractivity contribution in [1.29, 1.82) is 5.26 Å². The normalized spacial score (nSPS) is 10.7. The molecule has 26 heavy (non-hydrogen) atoms. The largest absolute Gasteiger partial charge is 0.508 e. The zero-order valence-corrected chi connectivity index (χ0v) is 14.7. The number of aromatic hydroxyl groups is 1. The van der Waals surface area contributed by atoms with Gasteiger partial charge in [0.1, 0.15) is 23.1 Å². The van der Waals surface area contributed by atoms with Gasteiger partial charge in [0.2, 0.25) is 0 Å². The Balaban J connectivity index is 1.95. The maximum Gasteiger partial charge on any atom is 0.263 e. The minimum atomic E-state index is -0.453. The zero-order valence-electron chi connectivity index (χ0n) is 14.7. The maximum atomic E-state index is 12.1. The average Bonchev–Trinajstić information content (AvgIpc) is 2.64. The summed E-state index contributed by atoms with van der Waals surface area (Å²) in [5, 5.41) is 24.1. The van der Waals surface area contributed by atoms with Crippen LogP contribution in [0.5, 0.6) is 11.5 Å². The van der Waals surface area contributed by atoms with Gasteiger partial charge in [0.25, 0.3) is 5.91 Å². The molecular weight excluding hydrogens is 330 g/mol. The highest BCUT2D eigenvalue weighted by molar-refractivity contribution is 5.97. The monoisotopic (exact) mass is 351 g/mol. The first-order valence-corrected chi connectivity index (χ1v) is 8.11. The van der Waals surface area contributed by atoms with Crippen molar-refractivity contribution in [3.05, 3.63) is 65.4 Å². The molecule has 2 rings (SSSR count). The van der Waals surface area contributed by atoms with E-state index in [0.717, 1.165) is 11.1 Å². The molecule has 0 saturated carbocycles. The molecule has 134 valence electrons. The predicted octanol–water partition coefficient (Wildman–Crippen LogP) is 2.89. The number of anilines is 1. The molecule has 0 radical (unpaired) electrons. The topological polar surface area (TPSA) is 94.4 Å². The van der Waals surface area contributed by atoms with Gasteiger partial charge in [-0.3, -0.25) is 4.79 Å². The number of benzene rings is 2. The van der Waals surface area contributed by atoms with Crippen LogP contribution in [0.1, 0.15) is 11.1 Å². The van der Waals surface area contributed by atoms with E-state index in [0.29, 0.717) is 24.4 Å². The SMILES string of the molecule is COc1ccc(C)cc1N/C=C(/C#N)C(=O)NCCc1ccc(O)cc1. The Bertz CT molecular complexity index is 836. The van der Waals surface area contributed by atoms with Gasteiger partial charge in [0, 0.05) is 12.7 Å². The predicted molar refractivity (Wildman–Crippen MR) is 99.9 cm³/mol. The second kappa shape index (κ2) is 9.14. The number of nitrogens with one attached hydrogen (secondary N) is 2. The fourth-order valence-corrected chi connectivity index (χ4v) is 2.31. The number of ether oxygens (including phenoxy) is 1. The van der Waals surface area contributed by atoms with Crippen molar-refractivity contribution in [3.8, 4) is 17.6 Å². The number of amides is 1. The van der Waals surface area contributed by atoms with Crippen LogP contribution in [-0.2, 0) is 11.2 Å². The molecule has 0 fully saturated rings. The van der Waals surface area contributed by atoms with Crippen LogP contribution in [0, 0.1) is 18.3 Å². The summed E-state index contributed by atoms with van der Waals surface area (Å²) in [7, 11) is 1.56. The van der Waals surface area contributed by atoms with E-state index >= 15 is 0 Å². The highest BCUT2D eigenvalue weighted by atomic mass is 16.5. The molecule has 1 amide bonds. The van der Waals surface area contributed by atoms with Crippen LogP contribution in [-0.4, -0.2) is 24.7 Å². The Kier molecular flexibility index (Phi) is 6.63. The molecule has 2 aromatic rings. The van der Waals surface area contributed by atoms with Crippen molar-refractivity contribution in [1.82, 2.24) is 5.32 Å². The number of methoxy groups -OCH3 is 1. The van der Waals surface area contributed by atoms with E-state index in [9.17, 15) is 15.2 Å². The third kappa shape index (κ3) is 5.28. The number of phenolic OH excluding ortho intramolecular Hbond substituents is 1. The van der Waals surface area contributed by atoms with Gasteiger partial charge in [-0.1, -0.05) is 18.2 Å². The van der Waals surface area contributed by atoms with Gasteiger partial charge < -0.3 is 20.5 Å². The van der Waals surface area contributed by atoms with Gasteiger partial charge in [-0.05, 0) is 48.7 Å². The number of hydrogen-bond acceptors (Lipinski definition) is 5. The Morgan fingerprint density at radius 2 is 2.00 bits per heavy atom. The summed E-state index contributed by atoms with van der Waals surface area (Å²) in [5.74, 6) is 0.368. The molecule has 0 aromatic heterocycles. The number of phenols is 1. The van der Waals surface area contributed by atoms with Gasteiger partial charge in [0.15, 0.2) is 0 Å². The van der Waals surface area contributed by atoms with E-state index in [1.54, 1.807) is 31.4 Å². The van der Waals surface area contributed by atoms with Gasteiger partial charge in [-0.2, -0.15) is 5.26 Å². The van der Waals surface area contributed by atoms with Crippen LogP contribution in [0.15, 0.2) is 54.2 Å². The van der Waals surface area contributed by atoms with Crippen molar-refractivity contribution >= 4 is 11.6 Å². The van der Waals surface area contributed by atoms with E-state index in [2.05, 4.69) is 10.6 Å². The molecule has 0 aliphatic heterocycles. The van der Waals surface area contributed by atoms with Crippen molar-refractivity contribution < 1.29 is 14.6 Å². The van der Waals surface area contributed by atoms with E-state index in [1.165, 1.54) is 6.20 Å². The second-order valence-electron chi connectivity index (χ2n) is 5.69. The highest BCUT2D eigenvalue weighted by Crippen LogP contribution is 2.25. The van der Waals surface area contributed by atoms with Gasteiger partial charge in [-0.25, -0.2) is 0 Å². The van der Waals surface area contributed by atoms with E-state index in [4.69, 9.17) is 4.74 Å². The summed E-state index contributed by atoms with van der Waals surface area (Å²) < 4.78 is 5.26. The molecule has 0 atom stereocenters. The first kappa shape index (κ1) is 18.9. The fourth-order valence-electron chi connectivity index (χ4n) is 2.31. The standard InChI is InChI=1S/C20H21N3O3/c1-14-3-8-19(26-2)18(11-14)23-13-16(12-21)20(25)22-10-9-15-4-6-17(24)7-5-15/h3-8,11,13,23-24H,9-10H2,1-2H3,(H,22,25)/b16-13-. The lowest BCUT2D eigenvalue weighted by molar-refractivity contribution is -0.117. The number of aryl methyl sites for hydroxylation is 1. The molecule has 0 bridgehead atoms. The van der Waals surface area contributed by atoms with Gasteiger partial charge >= 0.3 is 0 Å². The molecule has 6 nitrogen and oxygen atoms in total. The molecule has 0 aliphatic rings. The van der Waals surface area contributed by atoms with E-state index < -0.39 is 5.91 Å². The van der Waals surface area contributed by atoms with Gasteiger partial charge in [0.05, 0.1) is 12.8 Å². The summed E-state index contributed by atoms with van der Waals surface area (Å²) in [6.07, 6.45) is 1.97. The van der Waals surface area contributed by atoms with Crippen molar-refractivity contribution in [2.75, 3.05) is 19.0 Å². The van der Waals surface area contributed by atoms with Crippen molar-refractivity contribution in [3.63, 3.8) is 0 Å². The molecule has 0 unspecified atom stereocenters. The molecule has 3 N–H and O–H groups in total. The van der Waals surface area contributed by atoms with E-state index in [1.807, 2.05) is 31.2 Å². The van der Waals surface area contributed by atoms with Crippen LogP contribution in [0.4, 0.5) is 5.69 Å². The Morgan fingerprint density at radius 3 is 2.65 bits per heavy atom. The Morgan fingerprint density at radius 1 is 1.27 bits per heavy atom. The number of rotatable bonds is 7. The number of hydrogen-bond donors (Lipinski definition) is 3. The van der Waals surface area contributed by atoms with Crippen molar-refractivity contribution in [2.45, 2.75) is 13.3 Å². The lowest BCUT2D eigenvalue weighted by Crippen LogP contribution is -2.27. The second-order valence-corrected chi connectivity index (χ2v) is 5.69. The Hall–Kier alpha value is -3.46. The number of carbonyl (C=O) groups is 1. The smallest absolute Gasteiger partial charge is 0.263 e. The zero-order chi connectivity index (χ0) is 18.9. The average molecular weight is 351 g/mol. The molecular formula is C20H21N3O3. The highest BCUT2D eigenvalue weighted by Gasteiger charge is 2.09. The summed E-state index contributed by atoms with van der Waals surface area (Å²) in [5.41, 5.74) is 2.66. The Labute approximate surface area is 152 Å². The molecule has 6 heteroatoms. The van der Waals surface area contributed by atoms with Crippen LogP contribution >= 0.6 is 0 Å². The minimum Gasteiger partial charge on any atom is -0.508 e. The fraction of sp³-hybridized carbons (Fsp3) is 0.200. The summed E-state index contributed by atoms with van der Waals surface area (Å²) in [4.78, 5) is 12.1. The van der Waals surface area contributed by atoms with Crippen LogP contribution in [0.25, 0.3) is 0 Å². The first-order chi connectivity index (χ1) is 12.5. The number of nitrogens with zero attached hydrogens (tertiary/aromatic N) is 1. The quantitative estimate of drug-likeness (QED) is 0.527. The summed E-state index contributed by atoms with van der Waals surface area (Å²) in [6, 6.07) is 14.2. The van der Waals surface area contributed by atoms with E-state index in [-0.39, 0.29) is 11.3 Å². The lowest BCUT2D eigenvalue weighted by Gasteiger charge is -2.10.